The Labute approximate surface area is 103 Å². The third-order valence-corrected chi connectivity index (χ3v) is 1.73. The van der Waals surface area contributed by atoms with Crippen molar-refractivity contribution in [3.05, 3.63) is 29.8 Å². The molecule has 0 radical (unpaired) electrons. The summed E-state index contributed by atoms with van der Waals surface area (Å²) in [5.41, 5.74) is 1.42. The lowest BCUT2D eigenvalue weighted by Crippen LogP contribution is -2.10. The molecule has 3 heteroatoms. The molecule has 17 heavy (non-hydrogen) atoms. The lowest BCUT2D eigenvalue weighted by Gasteiger charge is -2.18. The standard InChI is InChI=1S/C10H14O.C3H6O.CH2O/c1-10(2,3)8-4-6-9(11)7-5-8;1-3(2)4;1-2/h4-7,11H,1-3H3;1-2H3;1H2. The van der Waals surface area contributed by atoms with Gasteiger partial charge in [0.1, 0.15) is 18.3 Å². The Hall–Kier alpha value is -1.64. The Morgan fingerprint density at radius 1 is 1.06 bits per heavy atom. The molecule has 0 unspecified atom stereocenters. The Balaban J connectivity index is 0. The SMILES string of the molecule is C=O.CC(C)(C)c1ccc(O)cc1.CC(C)=O. The molecule has 0 aliphatic rings. The molecule has 0 bridgehead atoms. The van der Waals surface area contributed by atoms with Crippen LogP contribution in [-0.2, 0) is 15.0 Å². The number of hydrogen-bond acceptors (Lipinski definition) is 3. The number of carbonyl (C=O) groups is 2. The average Bonchev–Trinajstić information content (AvgIpc) is 2.19. The lowest BCUT2D eigenvalue weighted by atomic mass is 9.87. The third kappa shape index (κ3) is 10.6. The van der Waals surface area contributed by atoms with Crippen molar-refractivity contribution < 1.29 is 14.7 Å². The van der Waals surface area contributed by atoms with Crippen molar-refractivity contribution in [3.8, 4) is 5.75 Å². The topological polar surface area (TPSA) is 54.4 Å². The van der Waals surface area contributed by atoms with Crippen LogP contribution in [0.1, 0.15) is 40.2 Å². The van der Waals surface area contributed by atoms with Crippen LogP contribution < -0.4 is 0 Å². The molecule has 3 nitrogen and oxygen atoms in total. The number of ketones is 1. The van der Waals surface area contributed by atoms with Crippen LogP contribution in [0, 0.1) is 0 Å². The van der Waals surface area contributed by atoms with Gasteiger partial charge in [0.2, 0.25) is 0 Å². The number of rotatable bonds is 0. The van der Waals surface area contributed by atoms with Gasteiger partial charge in [0, 0.05) is 0 Å². The fourth-order valence-electron chi connectivity index (χ4n) is 0.961. The van der Waals surface area contributed by atoms with Crippen molar-refractivity contribution in [3.63, 3.8) is 0 Å². The van der Waals surface area contributed by atoms with Crippen molar-refractivity contribution in [1.29, 1.82) is 0 Å². The number of hydrogen-bond donors (Lipinski definition) is 1. The van der Waals surface area contributed by atoms with Crippen LogP contribution in [0.4, 0.5) is 0 Å². The minimum absolute atomic E-state index is 0.167. The first kappa shape index (κ1) is 17.7. The van der Waals surface area contributed by atoms with E-state index in [0.29, 0.717) is 5.75 Å². The highest BCUT2D eigenvalue weighted by Gasteiger charge is 2.12. The highest BCUT2D eigenvalue weighted by Crippen LogP contribution is 2.23. The smallest absolute Gasteiger partial charge is 0.126 e. The first-order valence-electron chi connectivity index (χ1n) is 5.29. The Kier molecular flexibility index (Phi) is 8.88. The second-order valence-corrected chi connectivity index (χ2v) is 4.71. The van der Waals surface area contributed by atoms with E-state index >= 15 is 0 Å². The van der Waals surface area contributed by atoms with E-state index in [-0.39, 0.29) is 11.2 Å². The predicted octanol–water partition coefficient (Wildman–Crippen LogP) is 3.10. The summed E-state index contributed by atoms with van der Waals surface area (Å²) in [6.45, 7) is 11.5. The number of phenols is 1. The zero-order valence-electron chi connectivity index (χ0n) is 11.3. The number of Topliss-reactive ketones (excluding diaryl/α,β-unsaturated/α-hetero) is 1. The van der Waals surface area contributed by atoms with E-state index in [4.69, 9.17) is 9.90 Å². The fourth-order valence-corrected chi connectivity index (χ4v) is 0.961. The van der Waals surface area contributed by atoms with E-state index in [1.54, 1.807) is 12.1 Å². The van der Waals surface area contributed by atoms with Crippen LogP contribution in [0.2, 0.25) is 0 Å². The Bertz CT molecular complexity index is 316. The van der Waals surface area contributed by atoms with Crippen LogP contribution in [-0.4, -0.2) is 17.7 Å². The van der Waals surface area contributed by atoms with E-state index < -0.39 is 0 Å². The van der Waals surface area contributed by atoms with Crippen LogP contribution in [0.5, 0.6) is 5.75 Å². The highest BCUT2D eigenvalue weighted by atomic mass is 16.3. The molecule has 0 aliphatic carbocycles. The molecular weight excluding hydrogens is 216 g/mol. The van der Waals surface area contributed by atoms with Gasteiger partial charge in [0.15, 0.2) is 0 Å². The lowest BCUT2D eigenvalue weighted by molar-refractivity contribution is -0.115. The summed E-state index contributed by atoms with van der Waals surface area (Å²) in [6.07, 6.45) is 0. The van der Waals surface area contributed by atoms with Gasteiger partial charge in [0.05, 0.1) is 0 Å². The van der Waals surface area contributed by atoms with Gasteiger partial charge < -0.3 is 14.7 Å². The third-order valence-electron chi connectivity index (χ3n) is 1.73. The molecule has 0 heterocycles. The molecule has 0 atom stereocenters. The number of benzene rings is 1. The second-order valence-electron chi connectivity index (χ2n) is 4.71. The van der Waals surface area contributed by atoms with E-state index in [1.165, 1.54) is 19.4 Å². The summed E-state index contributed by atoms with van der Waals surface area (Å²) in [4.78, 5) is 17.4. The molecule has 96 valence electrons. The van der Waals surface area contributed by atoms with Gasteiger partial charge in [-0.05, 0) is 37.0 Å². The van der Waals surface area contributed by atoms with Crippen LogP contribution in [0.25, 0.3) is 0 Å². The van der Waals surface area contributed by atoms with Gasteiger partial charge in [-0.15, -0.1) is 0 Å². The van der Waals surface area contributed by atoms with Crippen molar-refractivity contribution in [2.75, 3.05) is 0 Å². The fraction of sp³-hybridized carbons (Fsp3) is 0.429. The van der Waals surface area contributed by atoms with Crippen molar-refractivity contribution in [1.82, 2.24) is 0 Å². The molecule has 0 fully saturated rings. The maximum absolute atomic E-state index is 9.44. The first-order chi connectivity index (χ1) is 7.73. The maximum Gasteiger partial charge on any atom is 0.126 e. The van der Waals surface area contributed by atoms with E-state index in [9.17, 15) is 4.79 Å². The van der Waals surface area contributed by atoms with Gasteiger partial charge in [-0.25, -0.2) is 0 Å². The minimum atomic E-state index is 0.167. The number of aromatic hydroxyl groups is 1. The molecule has 1 aromatic carbocycles. The Morgan fingerprint density at radius 2 is 1.35 bits per heavy atom. The summed E-state index contributed by atoms with van der Waals surface area (Å²) >= 11 is 0. The molecular formula is C14H22O3. The van der Waals surface area contributed by atoms with Gasteiger partial charge in [-0.1, -0.05) is 32.9 Å². The summed E-state index contributed by atoms with van der Waals surface area (Å²) < 4.78 is 0. The molecule has 1 rings (SSSR count). The largest absolute Gasteiger partial charge is 0.508 e. The van der Waals surface area contributed by atoms with E-state index in [1.807, 2.05) is 18.9 Å². The molecule has 1 aromatic rings. The summed E-state index contributed by atoms with van der Waals surface area (Å²) in [7, 11) is 0. The van der Waals surface area contributed by atoms with Gasteiger partial charge in [-0.2, -0.15) is 0 Å². The molecule has 0 saturated heterocycles. The van der Waals surface area contributed by atoms with Crippen LogP contribution >= 0.6 is 0 Å². The average molecular weight is 238 g/mol. The molecule has 0 amide bonds. The monoisotopic (exact) mass is 238 g/mol. The summed E-state index contributed by atoms with van der Waals surface area (Å²) in [5.74, 6) is 0.498. The normalized spacial score (nSPS) is 9.24. The van der Waals surface area contributed by atoms with Gasteiger partial charge in [0.25, 0.3) is 0 Å². The zero-order valence-corrected chi connectivity index (χ0v) is 11.3. The first-order valence-corrected chi connectivity index (χ1v) is 5.29. The van der Waals surface area contributed by atoms with Crippen LogP contribution in [0.3, 0.4) is 0 Å². The van der Waals surface area contributed by atoms with Crippen molar-refractivity contribution in [2.45, 2.75) is 40.0 Å². The Morgan fingerprint density at radius 3 is 1.59 bits per heavy atom. The molecule has 0 aromatic heterocycles. The maximum atomic E-state index is 9.44. The molecule has 0 saturated carbocycles. The molecule has 0 aliphatic heterocycles. The van der Waals surface area contributed by atoms with Crippen molar-refractivity contribution in [2.24, 2.45) is 0 Å². The quantitative estimate of drug-likeness (QED) is 0.755. The van der Waals surface area contributed by atoms with Crippen LogP contribution in [0.15, 0.2) is 24.3 Å². The van der Waals surface area contributed by atoms with Crippen molar-refractivity contribution >= 4 is 12.6 Å². The van der Waals surface area contributed by atoms with Gasteiger partial charge >= 0.3 is 0 Å². The molecule has 1 N–H and O–H groups in total. The van der Waals surface area contributed by atoms with E-state index in [2.05, 4.69) is 20.8 Å². The minimum Gasteiger partial charge on any atom is -0.508 e. The number of carbonyl (C=O) groups excluding carboxylic acids is 2. The highest BCUT2D eigenvalue weighted by molar-refractivity contribution is 5.72. The second kappa shape index (κ2) is 8.50. The summed E-state index contributed by atoms with van der Waals surface area (Å²) in [6, 6.07) is 7.35. The molecule has 0 spiro atoms. The zero-order chi connectivity index (χ0) is 14.1. The summed E-state index contributed by atoms with van der Waals surface area (Å²) in [5, 5.41) is 9.02. The van der Waals surface area contributed by atoms with Gasteiger partial charge in [-0.3, -0.25) is 0 Å². The number of phenolic OH excluding ortho intramolecular Hbond substituents is 1. The van der Waals surface area contributed by atoms with E-state index in [0.717, 1.165) is 0 Å². The predicted molar refractivity (Wildman–Crippen MR) is 70.3 cm³/mol.